The summed E-state index contributed by atoms with van der Waals surface area (Å²) in [6.07, 6.45) is 10.2. The molecule has 0 saturated heterocycles. The molecule has 1 aromatic carbocycles. The predicted molar refractivity (Wildman–Crippen MR) is 87.4 cm³/mol. The van der Waals surface area contributed by atoms with Crippen molar-refractivity contribution in [2.75, 3.05) is 0 Å². The van der Waals surface area contributed by atoms with Crippen LogP contribution in [0.3, 0.4) is 0 Å². The zero-order chi connectivity index (χ0) is 15.3. The molecular formula is C19H28O2. The number of carbonyl (C=O) groups is 2. The van der Waals surface area contributed by atoms with Gasteiger partial charge in [-0.1, -0.05) is 62.4 Å². The van der Waals surface area contributed by atoms with E-state index in [9.17, 15) is 9.59 Å². The van der Waals surface area contributed by atoms with Crippen molar-refractivity contribution in [1.29, 1.82) is 0 Å². The fraction of sp³-hybridized carbons (Fsp3) is 0.579. The van der Waals surface area contributed by atoms with Crippen molar-refractivity contribution in [2.24, 2.45) is 0 Å². The summed E-state index contributed by atoms with van der Waals surface area (Å²) >= 11 is 0. The molecule has 0 aliphatic heterocycles. The second-order valence-corrected chi connectivity index (χ2v) is 5.88. The molecule has 0 heterocycles. The maximum atomic E-state index is 11.3. The van der Waals surface area contributed by atoms with Crippen LogP contribution in [-0.4, -0.2) is 11.6 Å². The monoisotopic (exact) mass is 288 g/mol. The second-order valence-electron chi connectivity index (χ2n) is 5.88. The number of ketones is 2. The van der Waals surface area contributed by atoms with Crippen LogP contribution >= 0.6 is 0 Å². The molecule has 0 aliphatic carbocycles. The number of benzene rings is 1. The maximum absolute atomic E-state index is 11.3. The molecule has 0 radical (unpaired) electrons. The van der Waals surface area contributed by atoms with Gasteiger partial charge in [-0.25, -0.2) is 0 Å². The molecule has 0 aromatic heterocycles. The van der Waals surface area contributed by atoms with Gasteiger partial charge < -0.3 is 0 Å². The summed E-state index contributed by atoms with van der Waals surface area (Å²) in [6.45, 7) is 1.48. The quantitative estimate of drug-likeness (QED) is 0.405. The Morgan fingerprint density at radius 2 is 1.38 bits per heavy atom. The maximum Gasteiger partial charge on any atom is 0.140 e. The first-order valence-electron chi connectivity index (χ1n) is 8.23. The minimum atomic E-state index is -0.0154. The van der Waals surface area contributed by atoms with Gasteiger partial charge in [-0.05, 0) is 31.7 Å². The van der Waals surface area contributed by atoms with Gasteiger partial charge in [0.2, 0.25) is 0 Å². The SMILES string of the molecule is CC(=O)CC(=O)CCCCCCCCCc1ccccc1. The molecule has 1 rings (SSSR count). The summed E-state index contributed by atoms with van der Waals surface area (Å²) < 4.78 is 0. The van der Waals surface area contributed by atoms with Crippen molar-refractivity contribution in [3.05, 3.63) is 35.9 Å². The molecule has 0 spiro atoms. The number of Topliss-reactive ketones (excluding diaryl/α,β-unsaturated/α-hetero) is 2. The van der Waals surface area contributed by atoms with Gasteiger partial charge >= 0.3 is 0 Å². The van der Waals surface area contributed by atoms with Gasteiger partial charge in [-0.2, -0.15) is 0 Å². The third kappa shape index (κ3) is 10.0. The molecule has 0 bridgehead atoms. The van der Waals surface area contributed by atoms with Crippen LogP contribution in [0.1, 0.15) is 70.3 Å². The summed E-state index contributed by atoms with van der Waals surface area (Å²) in [5.74, 6) is 0.0868. The highest BCUT2D eigenvalue weighted by atomic mass is 16.1. The lowest BCUT2D eigenvalue weighted by molar-refractivity contribution is -0.125. The highest BCUT2D eigenvalue weighted by Crippen LogP contribution is 2.11. The van der Waals surface area contributed by atoms with Crippen LogP contribution < -0.4 is 0 Å². The zero-order valence-corrected chi connectivity index (χ0v) is 13.3. The highest BCUT2D eigenvalue weighted by molar-refractivity contribution is 5.97. The zero-order valence-electron chi connectivity index (χ0n) is 13.3. The summed E-state index contributed by atoms with van der Waals surface area (Å²) in [6, 6.07) is 10.6. The van der Waals surface area contributed by atoms with Crippen LogP contribution in [0.25, 0.3) is 0 Å². The van der Waals surface area contributed by atoms with Gasteiger partial charge in [0.25, 0.3) is 0 Å². The Morgan fingerprint density at radius 3 is 2.00 bits per heavy atom. The smallest absolute Gasteiger partial charge is 0.140 e. The third-order valence-electron chi connectivity index (χ3n) is 3.71. The standard InChI is InChI=1S/C19H28O2/c1-17(20)16-19(21)15-11-6-4-2-3-5-8-12-18-13-9-7-10-14-18/h7,9-10,13-14H,2-6,8,11-12,15-16H2,1H3. The highest BCUT2D eigenvalue weighted by Gasteiger charge is 2.04. The normalized spacial score (nSPS) is 10.5. The van der Waals surface area contributed by atoms with E-state index in [-0.39, 0.29) is 18.0 Å². The molecule has 1 aromatic rings. The average Bonchev–Trinajstić information content (AvgIpc) is 2.46. The average molecular weight is 288 g/mol. The van der Waals surface area contributed by atoms with E-state index >= 15 is 0 Å². The Hall–Kier alpha value is -1.44. The first-order valence-corrected chi connectivity index (χ1v) is 8.23. The van der Waals surface area contributed by atoms with Gasteiger partial charge in [0.15, 0.2) is 0 Å². The Labute approximate surface area is 128 Å². The van der Waals surface area contributed by atoms with Crippen LogP contribution in [-0.2, 0) is 16.0 Å². The molecular weight excluding hydrogens is 260 g/mol. The fourth-order valence-corrected chi connectivity index (χ4v) is 2.55. The molecule has 0 saturated carbocycles. The molecule has 116 valence electrons. The summed E-state index contributed by atoms with van der Waals surface area (Å²) in [7, 11) is 0. The Bertz CT molecular complexity index is 409. The van der Waals surface area contributed by atoms with Crippen LogP contribution in [0.2, 0.25) is 0 Å². The number of hydrogen-bond acceptors (Lipinski definition) is 2. The molecule has 0 amide bonds. The van der Waals surface area contributed by atoms with Crippen molar-refractivity contribution in [3.8, 4) is 0 Å². The van der Waals surface area contributed by atoms with Gasteiger partial charge in [-0.15, -0.1) is 0 Å². The number of hydrogen-bond donors (Lipinski definition) is 0. The molecule has 0 unspecified atom stereocenters. The Morgan fingerprint density at radius 1 is 0.810 bits per heavy atom. The lowest BCUT2D eigenvalue weighted by Gasteiger charge is -2.03. The lowest BCUT2D eigenvalue weighted by atomic mass is 10.0. The predicted octanol–water partition coefficient (Wildman–Crippen LogP) is 4.90. The molecule has 2 heteroatoms. The molecule has 0 fully saturated rings. The van der Waals surface area contributed by atoms with Crippen LogP contribution in [0.5, 0.6) is 0 Å². The van der Waals surface area contributed by atoms with E-state index in [1.807, 2.05) is 0 Å². The first-order chi connectivity index (χ1) is 10.2. The van der Waals surface area contributed by atoms with E-state index in [4.69, 9.17) is 0 Å². The summed E-state index contributed by atoms with van der Waals surface area (Å²) in [5, 5.41) is 0. The van der Waals surface area contributed by atoms with Crippen molar-refractivity contribution in [3.63, 3.8) is 0 Å². The molecule has 0 N–H and O–H groups in total. The molecule has 2 nitrogen and oxygen atoms in total. The van der Waals surface area contributed by atoms with Crippen molar-refractivity contribution in [2.45, 2.75) is 71.1 Å². The fourth-order valence-electron chi connectivity index (χ4n) is 2.55. The van der Waals surface area contributed by atoms with E-state index in [0.717, 1.165) is 12.8 Å². The number of unbranched alkanes of at least 4 members (excludes halogenated alkanes) is 6. The number of rotatable bonds is 12. The van der Waals surface area contributed by atoms with Crippen molar-refractivity contribution < 1.29 is 9.59 Å². The summed E-state index contributed by atoms with van der Waals surface area (Å²) in [4.78, 5) is 22.1. The third-order valence-corrected chi connectivity index (χ3v) is 3.71. The van der Waals surface area contributed by atoms with Crippen LogP contribution in [0, 0.1) is 0 Å². The summed E-state index contributed by atoms with van der Waals surface area (Å²) in [5.41, 5.74) is 1.43. The van der Waals surface area contributed by atoms with E-state index in [1.165, 1.54) is 51.0 Å². The van der Waals surface area contributed by atoms with E-state index in [0.29, 0.717) is 6.42 Å². The van der Waals surface area contributed by atoms with Crippen molar-refractivity contribution >= 4 is 11.6 Å². The number of aryl methyl sites for hydroxylation is 1. The van der Waals surface area contributed by atoms with Crippen molar-refractivity contribution in [1.82, 2.24) is 0 Å². The van der Waals surface area contributed by atoms with E-state index in [2.05, 4.69) is 30.3 Å². The van der Waals surface area contributed by atoms with Crippen LogP contribution in [0.4, 0.5) is 0 Å². The van der Waals surface area contributed by atoms with Crippen LogP contribution in [0.15, 0.2) is 30.3 Å². The first kappa shape index (κ1) is 17.6. The lowest BCUT2D eigenvalue weighted by Crippen LogP contribution is -2.03. The molecule has 21 heavy (non-hydrogen) atoms. The van der Waals surface area contributed by atoms with Gasteiger partial charge in [-0.3, -0.25) is 9.59 Å². The molecule has 0 aliphatic rings. The van der Waals surface area contributed by atoms with Gasteiger partial charge in [0, 0.05) is 6.42 Å². The van der Waals surface area contributed by atoms with E-state index in [1.54, 1.807) is 0 Å². The molecule has 0 atom stereocenters. The second kappa shape index (κ2) is 11.2. The Kier molecular flexibility index (Phi) is 9.43. The number of carbonyl (C=O) groups excluding carboxylic acids is 2. The van der Waals surface area contributed by atoms with Gasteiger partial charge in [0.1, 0.15) is 11.6 Å². The largest absolute Gasteiger partial charge is 0.300 e. The minimum Gasteiger partial charge on any atom is -0.300 e. The van der Waals surface area contributed by atoms with E-state index < -0.39 is 0 Å². The minimum absolute atomic E-state index is 0.0154. The van der Waals surface area contributed by atoms with Gasteiger partial charge in [0.05, 0.1) is 6.42 Å². The topological polar surface area (TPSA) is 34.1 Å². The Balaban J connectivity index is 1.87.